The quantitative estimate of drug-likeness (QED) is 0.162. The second-order valence-electron chi connectivity index (χ2n) is 6.78. The molecule has 0 amide bonds. The molecular weight excluding hydrogens is 526 g/mol. The average Bonchev–Trinajstić information content (AvgIpc) is 2.77. The van der Waals surface area contributed by atoms with Crippen LogP contribution in [0.2, 0.25) is 0 Å². The maximum Gasteiger partial charge on any atom is 0.265 e. The van der Waals surface area contributed by atoms with Crippen LogP contribution >= 0.6 is 0 Å². The molecule has 0 unspecified atom stereocenters. The van der Waals surface area contributed by atoms with Gasteiger partial charge in [0.15, 0.2) is 0 Å². The van der Waals surface area contributed by atoms with Crippen molar-refractivity contribution in [3.8, 4) is 5.75 Å². The van der Waals surface area contributed by atoms with E-state index in [2.05, 4.69) is 28.3 Å². The van der Waals surface area contributed by atoms with Crippen LogP contribution in [0.25, 0.3) is 63.6 Å². The van der Waals surface area contributed by atoms with E-state index < -0.39 is 50.5 Å². The predicted molar refractivity (Wildman–Crippen MR) is 121 cm³/mol. The van der Waals surface area contributed by atoms with Gasteiger partial charge < -0.3 is 5.11 Å². The number of azide groups is 3. The summed E-state index contributed by atoms with van der Waals surface area (Å²) in [6.07, 6.45) is 0. The fourth-order valence-electron chi connectivity index (χ4n) is 3.80. The van der Waals surface area contributed by atoms with Gasteiger partial charge in [-0.1, -0.05) is 18.2 Å². The number of phenols is 1. The first-order chi connectivity index (χ1) is 16.4. The van der Waals surface area contributed by atoms with Crippen LogP contribution in [0.1, 0.15) is 0 Å². The smallest absolute Gasteiger partial charge is 0.265 e. The van der Waals surface area contributed by atoms with Gasteiger partial charge in [-0.3, -0.25) is 0 Å². The molecule has 0 saturated heterocycles. The molecule has 0 aromatic heterocycles. The summed E-state index contributed by atoms with van der Waals surface area (Å²) in [5.74, 6) is -0.610. The van der Waals surface area contributed by atoms with Gasteiger partial charge in [0.2, 0.25) is 0 Å². The highest BCUT2D eigenvalue weighted by atomic mass is 32.2. The lowest BCUT2D eigenvalue weighted by molar-refractivity contribution is 0.480. The molecule has 35 heavy (non-hydrogen) atoms. The summed E-state index contributed by atoms with van der Waals surface area (Å²) in [4.78, 5) is 4.53. The summed E-state index contributed by atoms with van der Waals surface area (Å²) < 4.78 is 84.0. The molecule has 4 rings (SSSR count). The van der Waals surface area contributed by atoms with Crippen molar-refractivity contribution in [2.24, 2.45) is 13.6 Å². The third-order valence-corrected chi connectivity index (χ3v) is 8.57. The van der Waals surface area contributed by atoms with Gasteiger partial charge in [0, 0.05) is 66.7 Å². The first kappa shape index (κ1) is 23.7. The summed E-state index contributed by atoms with van der Waals surface area (Å²) in [5.41, 5.74) is 26.0. The maximum atomic E-state index is 12.7. The Bertz CT molecular complexity index is 2000. The molecule has 0 aliphatic carbocycles. The van der Waals surface area contributed by atoms with Crippen LogP contribution in [0.15, 0.2) is 64.6 Å². The van der Waals surface area contributed by atoms with Gasteiger partial charge in [0.05, 0.1) is 14.7 Å². The Hall–Kier alpha value is -4.50. The van der Waals surface area contributed by atoms with Crippen LogP contribution in [0.4, 0.5) is 0 Å². The van der Waals surface area contributed by atoms with Crippen LogP contribution in [-0.4, -0.2) is 30.4 Å². The van der Waals surface area contributed by atoms with Crippen molar-refractivity contribution in [3.63, 3.8) is 0 Å². The molecule has 176 valence electrons. The zero-order chi connectivity index (χ0) is 25.8. The first-order valence-corrected chi connectivity index (χ1v) is 13.1. The monoisotopic (exact) mass is 533 g/mol. The molecule has 0 radical (unpaired) electrons. The molecule has 0 heterocycles. The Labute approximate surface area is 194 Å². The van der Waals surface area contributed by atoms with Gasteiger partial charge in [0.25, 0.3) is 30.1 Å². The molecule has 0 bridgehead atoms. The van der Waals surface area contributed by atoms with Crippen LogP contribution in [0.3, 0.4) is 0 Å². The average molecular weight is 533 g/mol. The minimum atomic E-state index is -4.83. The van der Waals surface area contributed by atoms with Gasteiger partial charge in [0.1, 0.15) is 5.75 Å². The Kier molecular flexibility index (Phi) is 5.26. The van der Waals surface area contributed by atoms with Crippen LogP contribution < -0.4 is 0 Å². The number of hydrogen-bond acceptors (Lipinski definition) is 7. The Morgan fingerprint density at radius 3 is 1.26 bits per heavy atom. The minimum Gasteiger partial charge on any atom is -0.507 e. The van der Waals surface area contributed by atoms with Gasteiger partial charge in [-0.2, -0.15) is 0 Å². The molecular formula is C16H7N9O7S3. The fourth-order valence-corrected chi connectivity index (χ4v) is 6.56. The van der Waals surface area contributed by atoms with Gasteiger partial charge in [-0.15, -0.1) is 0 Å². The third-order valence-electron chi connectivity index (χ3n) is 5.03. The van der Waals surface area contributed by atoms with E-state index in [1.165, 1.54) is 12.1 Å². The summed E-state index contributed by atoms with van der Waals surface area (Å²) in [6, 6.07) is 6.17. The fraction of sp³-hybridized carbons (Fsp3) is 0. The van der Waals surface area contributed by atoms with E-state index >= 15 is 0 Å². The van der Waals surface area contributed by atoms with E-state index in [-0.39, 0.29) is 32.3 Å². The third kappa shape index (κ3) is 3.53. The van der Waals surface area contributed by atoms with E-state index in [0.29, 0.717) is 6.07 Å². The molecule has 0 fully saturated rings. The normalized spacial score (nSPS) is 12.2. The van der Waals surface area contributed by atoms with E-state index in [0.717, 1.165) is 18.2 Å². The lowest BCUT2D eigenvalue weighted by Crippen LogP contribution is -2.05. The highest BCUT2D eigenvalue weighted by Gasteiger charge is 2.28. The van der Waals surface area contributed by atoms with Gasteiger partial charge in [-0.25, -0.2) is 25.3 Å². The Morgan fingerprint density at radius 2 is 0.886 bits per heavy atom. The topological polar surface area (TPSA) is 269 Å². The lowest BCUT2D eigenvalue weighted by atomic mass is 9.94. The number of rotatable bonds is 6. The van der Waals surface area contributed by atoms with Crippen molar-refractivity contribution in [2.45, 2.75) is 14.7 Å². The zero-order valence-corrected chi connectivity index (χ0v) is 19.1. The highest BCUT2D eigenvalue weighted by Crippen LogP contribution is 2.45. The molecule has 0 atom stereocenters. The highest BCUT2D eigenvalue weighted by molar-refractivity contribution is 7.91. The molecule has 0 spiro atoms. The predicted octanol–water partition coefficient (Wildman–Crippen LogP) is 4.29. The van der Waals surface area contributed by atoms with Crippen molar-refractivity contribution in [1.82, 2.24) is 0 Å². The van der Waals surface area contributed by atoms with Crippen LogP contribution in [0.5, 0.6) is 5.75 Å². The summed E-state index contributed by atoms with van der Waals surface area (Å²) in [7, 11) is -14.3. The zero-order valence-electron chi connectivity index (χ0n) is 16.6. The van der Waals surface area contributed by atoms with Crippen molar-refractivity contribution in [2.75, 3.05) is 0 Å². The molecule has 0 aliphatic heterocycles. The van der Waals surface area contributed by atoms with Crippen molar-refractivity contribution >= 4 is 62.4 Å². The number of phenolic OH excluding ortho intramolecular Hbond substituents is 1. The lowest BCUT2D eigenvalue weighted by Gasteiger charge is -2.17. The minimum absolute atomic E-state index is 0.0107. The number of nitrogens with zero attached hydrogens (tertiary/aromatic N) is 9. The van der Waals surface area contributed by atoms with Crippen LogP contribution in [-0.2, 0) is 30.1 Å². The second kappa shape index (κ2) is 7.78. The Balaban J connectivity index is 2.43. The molecule has 4 aromatic carbocycles. The maximum absolute atomic E-state index is 12.7. The standard InChI is InChI=1S/C16H7N9O7S3/c17-20-23-33(27,28)12-5-11(26)7-1-2-9-13(34(29,30)24-21-18)6-14(35(31,32)25-22-19)10-4-3-8(12)15(7)16(9)10/h1-6,26H. The number of hydrogen-bond donors (Lipinski definition) is 1. The molecule has 16 nitrogen and oxygen atoms in total. The van der Waals surface area contributed by atoms with E-state index in [4.69, 9.17) is 16.6 Å². The largest absolute Gasteiger partial charge is 0.507 e. The molecule has 19 heteroatoms. The number of benzene rings is 4. The first-order valence-electron chi connectivity index (χ1n) is 8.81. The van der Waals surface area contributed by atoms with Crippen molar-refractivity contribution < 1.29 is 30.4 Å². The van der Waals surface area contributed by atoms with E-state index in [1.54, 1.807) is 0 Å². The SMILES string of the molecule is [N-]=[N+]=NS(=O)(=O)c1cc(O)c2ccc3c(S(=O)(=O)N=[N+]=[N-])cc(S(=O)(=O)N=[N+]=[N-])c4ccc1c2c34. The van der Waals surface area contributed by atoms with Crippen LogP contribution in [0, 0.1) is 0 Å². The second-order valence-corrected chi connectivity index (χ2v) is 11.4. The van der Waals surface area contributed by atoms with Gasteiger partial charge >= 0.3 is 0 Å². The van der Waals surface area contributed by atoms with Gasteiger partial charge in [-0.05, 0) is 28.7 Å². The molecule has 0 aliphatic rings. The van der Waals surface area contributed by atoms with E-state index in [1.807, 2.05) is 0 Å². The number of aromatic hydroxyl groups is 1. The molecule has 4 aromatic rings. The summed E-state index contributed by atoms with van der Waals surface area (Å²) in [6.45, 7) is 0. The molecule has 0 saturated carbocycles. The van der Waals surface area contributed by atoms with E-state index in [9.17, 15) is 30.4 Å². The number of sulfonamides is 3. The summed E-state index contributed by atoms with van der Waals surface area (Å²) in [5, 5.41) is 9.70. The Morgan fingerprint density at radius 1 is 0.571 bits per heavy atom. The van der Waals surface area contributed by atoms with Crippen molar-refractivity contribution in [3.05, 3.63) is 67.7 Å². The summed E-state index contributed by atoms with van der Waals surface area (Å²) >= 11 is 0. The van der Waals surface area contributed by atoms with Crippen molar-refractivity contribution in [1.29, 1.82) is 0 Å². The molecule has 1 N–H and O–H groups in total.